The van der Waals surface area contributed by atoms with E-state index in [2.05, 4.69) is 21.9 Å². The van der Waals surface area contributed by atoms with Crippen LogP contribution in [0.3, 0.4) is 0 Å². The van der Waals surface area contributed by atoms with Gasteiger partial charge in [0.15, 0.2) is 6.10 Å². The molecule has 0 aromatic heterocycles. The highest BCUT2D eigenvalue weighted by Gasteiger charge is 2.32. The first-order chi connectivity index (χ1) is 11.0. The van der Waals surface area contributed by atoms with Crippen LogP contribution in [0.15, 0.2) is 18.2 Å². The van der Waals surface area contributed by atoms with Crippen LogP contribution in [0.25, 0.3) is 0 Å². The lowest BCUT2D eigenvalue weighted by molar-refractivity contribution is -0.157. The topological polar surface area (TPSA) is 53.0 Å². The van der Waals surface area contributed by atoms with E-state index in [-0.39, 0.29) is 0 Å². The van der Waals surface area contributed by atoms with Gasteiger partial charge in [0.1, 0.15) is 0 Å². The van der Waals surface area contributed by atoms with Gasteiger partial charge in [-0.15, -0.1) is 0 Å². The Morgan fingerprint density at radius 3 is 2.70 bits per heavy atom. The highest BCUT2D eigenvalue weighted by Crippen LogP contribution is 2.27. The van der Waals surface area contributed by atoms with Crippen molar-refractivity contribution in [2.75, 3.05) is 37.7 Å². The van der Waals surface area contributed by atoms with E-state index in [1.807, 2.05) is 13.0 Å². The molecule has 1 unspecified atom stereocenters. The normalized spacial score (nSPS) is 23.9. The summed E-state index contributed by atoms with van der Waals surface area (Å²) in [5, 5.41) is 9.93. The van der Waals surface area contributed by atoms with Gasteiger partial charge in [0.2, 0.25) is 0 Å². The van der Waals surface area contributed by atoms with E-state index < -0.39 is 12.1 Å². The number of morpholine rings is 1. The summed E-state index contributed by atoms with van der Waals surface area (Å²) in [7, 11) is 0. The Balaban J connectivity index is 1.57. The molecule has 3 rings (SSSR count). The molecule has 1 N–H and O–H groups in total. The minimum absolute atomic E-state index is 0.443. The number of rotatable bonds is 3. The van der Waals surface area contributed by atoms with E-state index in [1.54, 1.807) is 0 Å². The number of piperidine rings is 1. The maximum Gasteiger partial charge on any atom is 0.334 e. The fourth-order valence-corrected chi connectivity index (χ4v) is 3.59. The molecule has 2 aliphatic rings. The van der Waals surface area contributed by atoms with Gasteiger partial charge in [-0.1, -0.05) is 17.7 Å². The molecule has 6 heteroatoms. The molecule has 2 fully saturated rings. The van der Waals surface area contributed by atoms with Crippen molar-refractivity contribution >= 4 is 23.3 Å². The summed E-state index contributed by atoms with van der Waals surface area (Å²) in [6.07, 6.45) is 1.40. The molecule has 2 aliphatic heterocycles. The van der Waals surface area contributed by atoms with Crippen molar-refractivity contribution < 1.29 is 14.6 Å². The number of nitrogens with zero attached hydrogens (tertiary/aromatic N) is 2. The molecule has 5 nitrogen and oxygen atoms in total. The third-order valence-corrected chi connectivity index (χ3v) is 5.28. The second-order valence-electron chi connectivity index (χ2n) is 6.34. The molecule has 2 saturated heterocycles. The molecule has 23 heavy (non-hydrogen) atoms. The standard InChI is InChI=1S/C17H23ClN2O3/c1-12-2-3-14(10-15(12)18)19-6-4-13(5-7-19)20-8-9-23-16(11-20)17(21)22/h2-3,10,13,16H,4-9,11H2,1H3,(H,21,22). The number of carbonyl (C=O) groups is 1. The van der Waals surface area contributed by atoms with E-state index in [9.17, 15) is 4.79 Å². The Hall–Kier alpha value is -1.30. The Morgan fingerprint density at radius 2 is 2.04 bits per heavy atom. The van der Waals surface area contributed by atoms with Gasteiger partial charge in [0, 0.05) is 42.9 Å². The van der Waals surface area contributed by atoms with Crippen LogP contribution in [-0.2, 0) is 9.53 Å². The van der Waals surface area contributed by atoms with E-state index >= 15 is 0 Å². The summed E-state index contributed by atoms with van der Waals surface area (Å²) in [4.78, 5) is 15.7. The Morgan fingerprint density at radius 1 is 1.30 bits per heavy atom. The largest absolute Gasteiger partial charge is 0.479 e. The van der Waals surface area contributed by atoms with Crippen LogP contribution in [0.5, 0.6) is 0 Å². The highest BCUT2D eigenvalue weighted by molar-refractivity contribution is 6.31. The lowest BCUT2D eigenvalue weighted by Gasteiger charge is -2.42. The molecule has 1 atom stereocenters. The van der Waals surface area contributed by atoms with E-state index in [1.165, 1.54) is 5.69 Å². The summed E-state index contributed by atoms with van der Waals surface area (Å²) < 4.78 is 5.31. The van der Waals surface area contributed by atoms with Crippen molar-refractivity contribution in [1.29, 1.82) is 0 Å². The van der Waals surface area contributed by atoms with Crippen molar-refractivity contribution in [2.24, 2.45) is 0 Å². The van der Waals surface area contributed by atoms with E-state index in [0.29, 0.717) is 19.2 Å². The molecule has 2 heterocycles. The molecule has 0 saturated carbocycles. The summed E-state index contributed by atoms with van der Waals surface area (Å²) in [6, 6.07) is 6.66. The molecule has 0 bridgehead atoms. The number of hydrogen-bond donors (Lipinski definition) is 1. The number of carboxylic acids is 1. The second-order valence-corrected chi connectivity index (χ2v) is 6.75. The molecule has 0 spiro atoms. The van der Waals surface area contributed by atoms with Crippen LogP contribution in [0.4, 0.5) is 5.69 Å². The average molecular weight is 339 g/mol. The van der Waals surface area contributed by atoms with Gasteiger partial charge in [0.25, 0.3) is 0 Å². The molecule has 0 radical (unpaired) electrons. The first-order valence-electron chi connectivity index (χ1n) is 8.14. The number of anilines is 1. The second kappa shape index (κ2) is 7.07. The highest BCUT2D eigenvalue weighted by atomic mass is 35.5. The quantitative estimate of drug-likeness (QED) is 0.917. The minimum atomic E-state index is -0.860. The number of hydrogen-bond acceptors (Lipinski definition) is 4. The van der Waals surface area contributed by atoms with Crippen molar-refractivity contribution in [1.82, 2.24) is 4.90 Å². The van der Waals surface area contributed by atoms with Gasteiger partial charge in [-0.25, -0.2) is 4.79 Å². The van der Waals surface area contributed by atoms with Crippen LogP contribution < -0.4 is 4.90 Å². The maximum atomic E-state index is 11.1. The van der Waals surface area contributed by atoms with E-state index in [0.717, 1.165) is 43.1 Å². The third kappa shape index (κ3) is 3.79. The summed E-state index contributed by atoms with van der Waals surface area (Å²) in [5.74, 6) is -0.860. The zero-order chi connectivity index (χ0) is 16.4. The number of aryl methyl sites for hydroxylation is 1. The van der Waals surface area contributed by atoms with Crippen molar-refractivity contribution in [3.63, 3.8) is 0 Å². The SMILES string of the molecule is Cc1ccc(N2CCC(N3CCOC(C(=O)O)C3)CC2)cc1Cl. The smallest absolute Gasteiger partial charge is 0.334 e. The zero-order valence-corrected chi connectivity index (χ0v) is 14.1. The van der Waals surface area contributed by atoms with Crippen molar-refractivity contribution in [3.05, 3.63) is 28.8 Å². The lowest BCUT2D eigenvalue weighted by Crippen LogP contribution is -2.53. The fraction of sp³-hybridized carbons (Fsp3) is 0.588. The van der Waals surface area contributed by atoms with E-state index in [4.69, 9.17) is 21.4 Å². The first-order valence-corrected chi connectivity index (χ1v) is 8.52. The van der Waals surface area contributed by atoms with Crippen molar-refractivity contribution in [3.8, 4) is 0 Å². The number of aliphatic carboxylic acids is 1. The average Bonchev–Trinajstić information content (AvgIpc) is 2.57. The lowest BCUT2D eigenvalue weighted by atomic mass is 10.0. The summed E-state index contributed by atoms with van der Waals surface area (Å²) >= 11 is 6.22. The van der Waals surface area contributed by atoms with Crippen LogP contribution in [0.1, 0.15) is 18.4 Å². The molecule has 1 aromatic carbocycles. The first kappa shape index (κ1) is 16.6. The van der Waals surface area contributed by atoms with Gasteiger partial charge in [-0.3, -0.25) is 4.90 Å². The van der Waals surface area contributed by atoms with Crippen LogP contribution in [0.2, 0.25) is 5.02 Å². The number of ether oxygens (including phenoxy) is 1. The molecular weight excluding hydrogens is 316 g/mol. The van der Waals surface area contributed by atoms with Crippen molar-refractivity contribution in [2.45, 2.75) is 31.9 Å². The number of carboxylic acid groups (broad SMARTS) is 1. The molecular formula is C17H23ClN2O3. The monoisotopic (exact) mass is 338 g/mol. The predicted molar refractivity (Wildman–Crippen MR) is 90.4 cm³/mol. The molecule has 0 aliphatic carbocycles. The van der Waals surface area contributed by atoms with Gasteiger partial charge in [0.05, 0.1) is 6.61 Å². The van der Waals surface area contributed by atoms with Gasteiger partial charge in [-0.05, 0) is 37.5 Å². The third-order valence-electron chi connectivity index (χ3n) is 4.87. The van der Waals surface area contributed by atoms with Gasteiger partial charge < -0.3 is 14.7 Å². The zero-order valence-electron chi connectivity index (χ0n) is 13.4. The Kier molecular flexibility index (Phi) is 5.09. The van der Waals surface area contributed by atoms with Gasteiger partial charge >= 0.3 is 5.97 Å². The fourth-order valence-electron chi connectivity index (χ4n) is 3.42. The molecule has 0 amide bonds. The summed E-state index contributed by atoms with van der Waals surface area (Å²) in [5.41, 5.74) is 2.27. The van der Waals surface area contributed by atoms with Gasteiger partial charge in [-0.2, -0.15) is 0 Å². The van der Waals surface area contributed by atoms with Crippen LogP contribution in [0, 0.1) is 6.92 Å². The number of benzene rings is 1. The Labute approximate surface area is 141 Å². The van der Waals surface area contributed by atoms with Crippen LogP contribution in [-0.4, -0.2) is 60.9 Å². The Bertz CT molecular complexity index is 573. The molecule has 126 valence electrons. The van der Waals surface area contributed by atoms with Crippen LogP contribution >= 0.6 is 11.6 Å². The maximum absolute atomic E-state index is 11.1. The summed E-state index contributed by atoms with van der Waals surface area (Å²) in [6.45, 7) is 5.78. The minimum Gasteiger partial charge on any atom is -0.479 e. The predicted octanol–water partition coefficient (Wildman–Crippen LogP) is 2.40. The number of halogens is 1. The molecule has 1 aromatic rings.